The molecule has 2 heterocycles. The molecular formula is C19H26N4O3. The third-order valence-electron chi connectivity index (χ3n) is 5.03. The molecule has 7 heteroatoms. The van der Waals surface area contributed by atoms with Crippen LogP contribution in [0.15, 0.2) is 18.3 Å². The summed E-state index contributed by atoms with van der Waals surface area (Å²) in [6.45, 7) is 7.08. The number of nitrogens with one attached hydrogen (secondary N) is 2. The monoisotopic (exact) mass is 358 g/mol. The Morgan fingerprint density at radius 2 is 1.96 bits per heavy atom. The van der Waals surface area contributed by atoms with Gasteiger partial charge in [0, 0.05) is 17.8 Å². The van der Waals surface area contributed by atoms with Crippen molar-refractivity contribution in [1.82, 2.24) is 15.2 Å². The van der Waals surface area contributed by atoms with Crippen LogP contribution < -0.4 is 10.6 Å². The molecule has 0 saturated heterocycles. The Morgan fingerprint density at radius 1 is 1.31 bits per heavy atom. The summed E-state index contributed by atoms with van der Waals surface area (Å²) in [5.41, 5.74) is -1.84. The molecule has 3 rings (SSSR count). The highest BCUT2D eigenvalue weighted by atomic mass is 16.2. The lowest BCUT2D eigenvalue weighted by molar-refractivity contribution is -0.143. The number of rotatable bonds is 2. The minimum absolute atomic E-state index is 0.143. The van der Waals surface area contributed by atoms with Crippen LogP contribution >= 0.6 is 0 Å². The molecule has 2 N–H and O–H groups in total. The van der Waals surface area contributed by atoms with Crippen LogP contribution in [0, 0.1) is 0 Å². The van der Waals surface area contributed by atoms with Gasteiger partial charge in [-0.3, -0.25) is 14.4 Å². The maximum Gasteiger partial charge on any atom is 0.261 e. The molecule has 1 aromatic rings. The number of pyridine rings is 1. The molecule has 1 atom stereocenters. The maximum atomic E-state index is 13.4. The molecule has 1 fully saturated rings. The molecule has 1 aliphatic heterocycles. The Hall–Kier alpha value is -2.44. The van der Waals surface area contributed by atoms with Gasteiger partial charge in [0.2, 0.25) is 0 Å². The SMILES string of the molecule is CC(C)(C)NC(=O)C1(C)C(=O)Nc2ncccc2C(=O)N1C1CCCC1. The normalized spacial score (nSPS) is 24.1. The highest BCUT2D eigenvalue weighted by molar-refractivity contribution is 6.20. The van der Waals surface area contributed by atoms with Crippen LogP contribution in [0.5, 0.6) is 0 Å². The Kier molecular flexibility index (Phi) is 4.50. The van der Waals surface area contributed by atoms with Gasteiger partial charge in [-0.05, 0) is 52.7 Å². The molecule has 0 spiro atoms. The lowest BCUT2D eigenvalue weighted by atomic mass is 9.92. The molecule has 1 saturated carbocycles. The minimum Gasteiger partial charge on any atom is -0.349 e. The van der Waals surface area contributed by atoms with Crippen LogP contribution in [0.25, 0.3) is 0 Å². The summed E-state index contributed by atoms with van der Waals surface area (Å²) in [6, 6.07) is 3.16. The topological polar surface area (TPSA) is 91.4 Å². The Balaban J connectivity index is 2.12. The molecular weight excluding hydrogens is 332 g/mol. The van der Waals surface area contributed by atoms with Gasteiger partial charge in [0.15, 0.2) is 5.54 Å². The summed E-state index contributed by atoms with van der Waals surface area (Å²) in [6.07, 6.45) is 5.05. The zero-order valence-electron chi connectivity index (χ0n) is 15.8. The molecule has 0 aromatic carbocycles. The number of nitrogens with zero attached hydrogens (tertiary/aromatic N) is 2. The van der Waals surface area contributed by atoms with E-state index >= 15 is 0 Å². The van der Waals surface area contributed by atoms with E-state index in [1.165, 1.54) is 18.0 Å². The van der Waals surface area contributed by atoms with Gasteiger partial charge in [-0.2, -0.15) is 0 Å². The van der Waals surface area contributed by atoms with Crippen molar-refractivity contribution in [2.75, 3.05) is 5.32 Å². The average molecular weight is 358 g/mol. The number of carbonyl (C=O) groups is 3. The van der Waals surface area contributed by atoms with Crippen LogP contribution in [0.1, 0.15) is 63.7 Å². The van der Waals surface area contributed by atoms with Crippen LogP contribution in [0.4, 0.5) is 5.82 Å². The quantitative estimate of drug-likeness (QED) is 0.792. The van der Waals surface area contributed by atoms with E-state index in [1.807, 2.05) is 20.8 Å². The van der Waals surface area contributed by atoms with E-state index in [2.05, 4.69) is 15.6 Å². The smallest absolute Gasteiger partial charge is 0.261 e. The van der Waals surface area contributed by atoms with E-state index in [0.717, 1.165) is 25.7 Å². The molecule has 0 bridgehead atoms. The van der Waals surface area contributed by atoms with Gasteiger partial charge in [-0.15, -0.1) is 0 Å². The highest BCUT2D eigenvalue weighted by Crippen LogP contribution is 2.35. The second-order valence-electron chi connectivity index (χ2n) is 8.24. The molecule has 2 aliphatic rings. The summed E-state index contributed by atoms with van der Waals surface area (Å²) in [4.78, 5) is 45.3. The third kappa shape index (κ3) is 3.06. The van der Waals surface area contributed by atoms with Gasteiger partial charge >= 0.3 is 0 Å². The van der Waals surface area contributed by atoms with E-state index in [9.17, 15) is 14.4 Å². The van der Waals surface area contributed by atoms with Crippen LogP contribution in [0.2, 0.25) is 0 Å². The standard InChI is InChI=1S/C19H26N4O3/c1-18(2,3)22-17(26)19(4)16(25)21-14-13(10-7-11-20-14)15(24)23(19)12-8-5-6-9-12/h7,10-12H,5-6,8-9H2,1-4H3,(H,22,26)(H,20,21,25). The van der Waals surface area contributed by atoms with Gasteiger partial charge in [0.1, 0.15) is 5.82 Å². The Labute approximate surface area is 153 Å². The zero-order chi connectivity index (χ0) is 19.1. The number of amides is 3. The Morgan fingerprint density at radius 3 is 2.58 bits per heavy atom. The number of hydrogen-bond acceptors (Lipinski definition) is 4. The van der Waals surface area contributed by atoms with Crippen molar-refractivity contribution in [1.29, 1.82) is 0 Å². The maximum absolute atomic E-state index is 13.4. The van der Waals surface area contributed by atoms with E-state index < -0.39 is 22.9 Å². The minimum atomic E-state index is -1.64. The lowest BCUT2D eigenvalue weighted by Gasteiger charge is -2.42. The number of carbonyl (C=O) groups excluding carboxylic acids is 3. The highest BCUT2D eigenvalue weighted by Gasteiger charge is 2.54. The van der Waals surface area contributed by atoms with Crippen molar-refractivity contribution in [3.05, 3.63) is 23.9 Å². The third-order valence-corrected chi connectivity index (χ3v) is 5.03. The molecule has 1 aromatic heterocycles. The van der Waals surface area contributed by atoms with Crippen molar-refractivity contribution in [3.63, 3.8) is 0 Å². The number of anilines is 1. The fourth-order valence-electron chi connectivity index (χ4n) is 3.72. The molecule has 3 amide bonds. The van der Waals surface area contributed by atoms with Crippen molar-refractivity contribution < 1.29 is 14.4 Å². The van der Waals surface area contributed by atoms with E-state index in [1.54, 1.807) is 12.1 Å². The Bertz CT molecular complexity index is 749. The summed E-state index contributed by atoms with van der Waals surface area (Å²) in [5, 5.41) is 5.56. The van der Waals surface area contributed by atoms with E-state index in [-0.39, 0.29) is 17.8 Å². The van der Waals surface area contributed by atoms with Crippen LogP contribution in [0.3, 0.4) is 0 Å². The van der Waals surface area contributed by atoms with Gasteiger partial charge < -0.3 is 15.5 Å². The fourth-order valence-corrected chi connectivity index (χ4v) is 3.72. The summed E-state index contributed by atoms with van der Waals surface area (Å²) in [5.74, 6) is -1.13. The molecule has 1 unspecified atom stereocenters. The molecule has 7 nitrogen and oxygen atoms in total. The first-order valence-corrected chi connectivity index (χ1v) is 9.07. The van der Waals surface area contributed by atoms with Gasteiger partial charge in [0.05, 0.1) is 5.56 Å². The van der Waals surface area contributed by atoms with Crippen molar-refractivity contribution >= 4 is 23.5 Å². The molecule has 26 heavy (non-hydrogen) atoms. The number of hydrogen-bond donors (Lipinski definition) is 2. The fraction of sp³-hybridized carbons (Fsp3) is 0.579. The van der Waals surface area contributed by atoms with Crippen molar-refractivity contribution in [2.24, 2.45) is 0 Å². The van der Waals surface area contributed by atoms with Crippen molar-refractivity contribution in [3.8, 4) is 0 Å². The molecule has 0 radical (unpaired) electrons. The average Bonchev–Trinajstić information content (AvgIpc) is 3.04. The lowest BCUT2D eigenvalue weighted by Crippen LogP contribution is -2.67. The molecule has 1 aliphatic carbocycles. The summed E-state index contributed by atoms with van der Waals surface area (Å²) < 4.78 is 0. The van der Waals surface area contributed by atoms with Gasteiger partial charge in [-0.25, -0.2) is 4.98 Å². The molecule has 140 valence electrons. The number of fused-ring (bicyclic) bond motifs is 1. The largest absolute Gasteiger partial charge is 0.349 e. The van der Waals surface area contributed by atoms with E-state index in [0.29, 0.717) is 5.56 Å². The van der Waals surface area contributed by atoms with Crippen LogP contribution in [-0.2, 0) is 9.59 Å². The van der Waals surface area contributed by atoms with Crippen LogP contribution in [-0.4, -0.2) is 44.7 Å². The zero-order valence-corrected chi connectivity index (χ0v) is 15.8. The van der Waals surface area contributed by atoms with Gasteiger partial charge in [-0.1, -0.05) is 12.8 Å². The predicted molar refractivity (Wildman–Crippen MR) is 97.6 cm³/mol. The predicted octanol–water partition coefficient (Wildman–Crippen LogP) is 2.09. The number of aromatic nitrogens is 1. The second-order valence-corrected chi connectivity index (χ2v) is 8.24. The second kappa shape index (κ2) is 6.37. The first-order chi connectivity index (χ1) is 12.1. The van der Waals surface area contributed by atoms with E-state index in [4.69, 9.17) is 0 Å². The summed E-state index contributed by atoms with van der Waals surface area (Å²) in [7, 11) is 0. The first kappa shape index (κ1) is 18.4. The first-order valence-electron chi connectivity index (χ1n) is 9.07. The van der Waals surface area contributed by atoms with Crippen molar-refractivity contribution in [2.45, 2.75) is 70.5 Å². The van der Waals surface area contributed by atoms with Gasteiger partial charge in [0.25, 0.3) is 17.7 Å². The summed E-state index contributed by atoms with van der Waals surface area (Å²) >= 11 is 0.